The molecule has 0 saturated heterocycles. The zero-order chi connectivity index (χ0) is 25.8. The number of rotatable bonds is 8. The van der Waals surface area contributed by atoms with Crippen molar-refractivity contribution in [2.75, 3.05) is 10.0 Å². The molecular formula is C25H23FN2O6S. The molecule has 1 atom stereocenters. The first kappa shape index (κ1) is 25.6. The van der Waals surface area contributed by atoms with Gasteiger partial charge in [-0.25, -0.2) is 17.6 Å². The molecule has 10 heteroatoms. The Hall–Kier alpha value is -4.05. The maximum atomic E-state index is 13.7. The van der Waals surface area contributed by atoms with Gasteiger partial charge in [0.2, 0.25) is 0 Å². The summed E-state index contributed by atoms with van der Waals surface area (Å²) in [5.41, 5.74) is 1.18. The summed E-state index contributed by atoms with van der Waals surface area (Å²) in [6, 6.07) is 15.4. The predicted molar refractivity (Wildman–Crippen MR) is 128 cm³/mol. The molecule has 0 spiro atoms. The number of halogens is 1. The fourth-order valence-corrected chi connectivity index (χ4v) is 4.39. The van der Waals surface area contributed by atoms with Crippen molar-refractivity contribution in [2.45, 2.75) is 31.8 Å². The molecule has 0 aliphatic rings. The molecule has 182 valence electrons. The number of amides is 1. The van der Waals surface area contributed by atoms with Crippen LogP contribution in [-0.4, -0.2) is 32.2 Å². The smallest absolute Gasteiger partial charge is 0.338 e. The number of hydrogen-bond acceptors (Lipinski definition) is 6. The second-order valence-electron chi connectivity index (χ2n) is 7.72. The number of ketones is 1. The monoisotopic (exact) mass is 498 g/mol. The summed E-state index contributed by atoms with van der Waals surface area (Å²) in [6.07, 6.45) is -1.12. The van der Waals surface area contributed by atoms with Gasteiger partial charge in [-0.15, -0.1) is 0 Å². The number of ether oxygens (including phenoxy) is 1. The second-order valence-corrected chi connectivity index (χ2v) is 9.37. The minimum absolute atomic E-state index is 0.0118. The van der Waals surface area contributed by atoms with Gasteiger partial charge in [0.05, 0.1) is 10.5 Å². The van der Waals surface area contributed by atoms with Crippen LogP contribution in [0.2, 0.25) is 0 Å². The lowest BCUT2D eigenvalue weighted by atomic mass is 10.1. The molecule has 3 aromatic rings. The molecule has 0 radical (unpaired) electrons. The molecule has 0 heterocycles. The van der Waals surface area contributed by atoms with Gasteiger partial charge in [-0.05, 0) is 81.4 Å². The highest BCUT2D eigenvalue weighted by Crippen LogP contribution is 2.22. The highest BCUT2D eigenvalue weighted by Gasteiger charge is 2.21. The summed E-state index contributed by atoms with van der Waals surface area (Å²) < 4.78 is 46.4. The second kappa shape index (κ2) is 10.5. The Balaban J connectivity index is 1.61. The lowest BCUT2D eigenvalue weighted by Crippen LogP contribution is -2.30. The summed E-state index contributed by atoms with van der Waals surface area (Å²) in [6.45, 7) is 4.20. The van der Waals surface area contributed by atoms with Gasteiger partial charge in [0.1, 0.15) is 5.82 Å². The number of sulfonamides is 1. The van der Waals surface area contributed by atoms with Crippen LogP contribution in [0.1, 0.15) is 40.1 Å². The Kier molecular flexibility index (Phi) is 7.65. The van der Waals surface area contributed by atoms with Crippen molar-refractivity contribution in [3.63, 3.8) is 0 Å². The third kappa shape index (κ3) is 6.30. The molecule has 0 aliphatic carbocycles. The van der Waals surface area contributed by atoms with E-state index in [1.165, 1.54) is 63.2 Å². The summed E-state index contributed by atoms with van der Waals surface area (Å²) in [5, 5.41) is 2.59. The standard InChI is InChI=1S/C25H23FN2O6S/c1-15-22(26)5-4-6-23(15)35(32,33)28-21-13-9-19(10-14-21)25(31)34-17(3)24(30)27-20-11-7-18(8-12-20)16(2)29/h4-14,17,28H,1-3H3,(H,27,30). The lowest BCUT2D eigenvalue weighted by molar-refractivity contribution is -0.123. The molecule has 35 heavy (non-hydrogen) atoms. The SMILES string of the molecule is CC(=O)c1ccc(NC(=O)C(C)OC(=O)c2ccc(NS(=O)(=O)c3cccc(F)c3C)cc2)cc1. The Morgan fingerprint density at radius 1 is 0.886 bits per heavy atom. The van der Waals surface area contributed by atoms with Gasteiger partial charge in [0.25, 0.3) is 15.9 Å². The van der Waals surface area contributed by atoms with Crippen LogP contribution in [-0.2, 0) is 19.6 Å². The minimum atomic E-state index is -4.04. The molecule has 0 bridgehead atoms. The minimum Gasteiger partial charge on any atom is -0.449 e. The molecule has 0 aromatic heterocycles. The quantitative estimate of drug-likeness (QED) is 0.353. The fraction of sp³-hybridized carbons (Fsp3) is 0.160. The normalized spacial score (nSPS) is 11.9. The highest BCUT2D eigenvalue weighted by atomic mass is 32.2. The third-order valence-electron chi connectivity index (χ3n) is 5.09. The van der Waals surface area contributed by atoms with Gasteiger partial charge in [-0.3, -0.25) is 14.3 Å². The third-order valence-corrected chi connectivity index (χ3v) is 6.62. The molecule has 2 N–H and O–H groups in total. The molecular weight excluding hydrogens is 475 g/mol. The van der Waals surface area contributed by atoms with Crippen LogP contribution in [0.15, 0.2) is 71.6 Å². The Morgan fingerprint density at radius 3 is 2.06 bits per heavy atom. The first-order chi connectivity index (χ1) is 16.5. The van der Waals surface area contributed by atoms with E-state index < -0.39 is 33.8 Å². The van der Waals surface area contributed by atoms with Gasteiger partial charge in [0, 0.05) is 22.5 Å². The number of hydrogen-bond donors (Lipinski definition) is 2. The van der Waals surface area contributed by atoms with Gasteiger partial charge in [-0.2, -0.15) is 0 Å². The zero-order valence-corrected chi connectivity index (χ0v) is 20.0. The first-order valence-electron chi connectivity index (χ1n) is 10.5. The van der Waals surface area contributed by atoms with Crippen LogP contribution >= 0.6 is 0 Å². The van der Waals surface area contributed by atoms with E-state index in [1.807, 2.05) is 0 Å². The van der Waals surface area contributed by atoms with E-state index in [0.29, 0.717) is 11.3 Å². The van der Waals surface area contributed by atoms with Gasteiger partial charge < -0.3 is 10.1 Å². The van der Waals surface area contributed by atoms with Crippen LogP contribution in [0.3, 0.4) is 0 Å². The summed E-state index contributed by atoms with van der Waals surface area (Å²) >= 11 is 0. The molecule has 0 fully saturated rings. The van der Waals surface area contributed by atoms with Crippen molar-refractivity contribution in [3.8, 4) is 0 Å². The fourth-order valence-electron chi connectivity index (χ4n) is 3.08. The molecule has 0 aliphatic heterocycles. The number of carbonyl (C=O) groups excluding carboxylic acids is 3. The van der Waals surface area contributed by atoms with Crippen LogP contribution in [0, 0.1) is 12.7 Å². The Morgan fingerprint density at radius 2 is 1.46 bits per heavy atom. The topological polar surface area (TPSA) is 119 Å². The number of anilines is 2. The molecule has 8 nitrogen and oxygen atoms in total. The maximum absolute atomic E-state index is 13.7. The Bertz CT molecular complexity index is 1370. The molecule has 1 unspecified atom stereocenters. The van der Waals surface area contributed by atoms with E-state index in [2.05, 4.69) is 10.0 Å². The number of carbonyl (C=O) groups is 3. The van der Waals surface area contributed by atoms with Gasteiger partial charge in [-0.1, -0.05) is 6.07 Å². The van der Waals surface area contributed by atoms with Gasteiger partial charge >= 0.3 is 5.97 Å². The van der Waals surface area contributed by atoms with Crippen LogP contribution in [0.5, 0.6) is 0 Å². The van der Waals surface area contributed by atoms with Crippen LogP contribution < -0.4 is 10.0 Å². The first-order valence-corrected chi connectivity index (χ1v) is 12.0. The van der Waals surface area contributed by atoms with E-state index in [0.717, 1.165) is 0 Å². The van der Waals surface area contributed by atoms with Crippen LogP contribution in [0.4, 0.5) is 15.8 Å². The number of Topliss-reactive ketones (excluding diaryl/α,β-unsaturated/α-hetero) is 1. The zero-order valence-electron chi connectivity index (χ0n) is 19.2. The average Bonchev–Trinajstić information content (AvgIpc) is 2.81. The van der Waals surface area contributed by atoms with Crippen molar-refractivity contribution >= 4 is 39.1 Å². The van der Waals surface area contributed by atoms with Crippen molar-refractivity contribution in [1.82, 2.24) is 0 Å². The van der Waals surface area contributed by atoms with E-state index in [1.54, 1.807) is 24.3 Å². The molecule has 3 rings (SSSR count). The average molecular weight is 499 g/mol. The Labute approximate surface area is 202 Å². The van der Waals surface area contributed by atoms with Crippen molar-refractivity contribution in [1.29, 1.82) is 0 Å². The maximum Gasteiger partial charge on any atom is 0.338 e. The van der Waals surface area contributed by atoms with E-state index in [4.69, 9.17) is 4.74 Å². The number of benzene rings is 3. The van der Waals surface area contributed by atoms with E-state index in [9.17, 15) is 27.2 Å². The summed E-state index contributed by atoms with van der Waals surface area (Å²) in [5.74, 6) is -2.09. The summed E-state index contributed by atoms with van der Waals surface area (Å²) in [4.78, 5) is 35.9. The highest BCUT2D eigenvalue weighted by molar-refractivity contribution is 7.92. The van der Waals surface area contributed by atoms with Crippen molar-refractivity contribution in [2.24, 2.45) is 0 Å². The van der Waals surface area contributed by atoms with Crippen molar-refractivity contribution in [3.05, 3.63) is 89.2 Å². The molecule has 3 aromatic carbocycles. The van der Waals surface area contributed by atoms with Crippen LogP contribution in [0.25, 0.3) is 0 Å². The van der Waals surface area contributed by atoms with E-state index >= 15 is 0 Å². The molecule has 0 saturated carbocycles. The largest absolute Gasteiger partial charge is 0.449 e. The van der Waals surface area contributed by atoms with E-state index in [-0.39, 0.29) is 27.5 Å². The number of esters is 1. The number of nitrogens with one attached hydrogen (secondary N) is 2. The molecule has 1 amide bonds. The summed E-state index contributed by atoms with van der Waals surface area (Å²) in [7, 11) is -4.04. The lowest BCUT2D eigenvalue weighted by Gasteiger charge is -2.14. The predicted octanol–water partition coefficient (Wildman–Crippen LogP) is 4.32. The van der Waals surface area contributed by atoms with Gasteiger partial charge in [0.15, 0.2) is 11.9 Å². The van der Waals surface area contributed by atoms with Crippen molar-refractivity contribution < 1.29 is 31.9 Å².